The first-order chi connectivity index (χ1) is 8.69. The third-order valence-electron chi connectivity index (χ3n) is 2.58. The van der Waals surface area contributed by atoms with Gasteiger partial charge in [0.05, 0.1) is 16.7 Å². The summed E-state index contributed by atoms with van der Waals surface area (Å²) < 4.78 is 0. The smallest absolute Gasteiger partial charge is 0.254 e. The standard InChI is InChI=1S/C14H21ClN2O2/c1-9-5-12(15)11(8-16-9)13(19)17-7-10(18)6-14(2,3)4/h5,8,10,18H,6-7H2,1-4H3,(H,17,19). The molecule has 5 heteroatoms. The SMILES string of the molecule is Cc1cc(Cl)c(C(=O)NCC(O)CC(C)(C)C)cn1. The molecule has 1 rings (SSSR count). The first-order valence-electron chi connectivity index (χ1n) is 6.27. The highest BCUT2D eigenvalue weighted by Crippen LogP contribution is 2.20. The van der Waals surface area contributed by atoms with Crippen molar-refractivity contribution in [1.82, 2.24) is 10.3 Å². The highest BCUT2D eigenvalue weighted by Gasteiger charge is 2.18. The van der Waals surface area contributed by atoms with E-state index in [4.69, 9.17) is 11.6 Å². The van der Waals surface area contributed by atoms with Crippen molar-refractivity contribution >= 4 is 17.5 Å². The lowest BCUT2D eigenvalue weighted by Gasteiger charge is -2.22. The van der Waals surface area contributed by atoms with Gasteiger partial charge in [-0.05, 0) is 24.8 Å². The van der Waals surface area contributed by atoms with Crippen LogP contribution in [0, 0.1) is 12.3 Å². The van der Waals surface area contributed by atoms with Crippen LogP contribution in [-0.2, 0) is 0 Å². The Balaban J connectivity index is 2.56. The van der Waals surface area contributed by atoms with Crippen molar-refractivity contribution in [2.75, 3.05) is 6.54 Å². The Morgan fingerprint density at radius 3 is 2.68 bits per heavy atom. The van der Waals surface area contributed by atoms with Crippen LogP contribution in [0.1, 0.15) is 43.2 Å². The summed E-state index contributed by atoms with van der Waals surface area (Å²) >= 11 is 5.98. The van der Waals surface area contributed by atoms with E-state index in [1.807, 2.05) is 20.8 Å². The number of aryl methyl sites for hydroxylation is 1. The van der Waals surface area contributed by atoms with Crippen molar-refractivity contribution in [3.05, 3.63) is 28.5 Å². The zero-order valence-corrected chi connectivity index (χ0v) is 12.6. The minimum absolute atomic E-state index is 0.0210. The number of hydrogen-bond donors (Lipinski definition) is 2. The average Bonchev–Trinajstić information content (AvgIpc) is 2.23. The second-order valence-corrected chi connectivity index (χ2v) is 6.34. The summed E-state index contributed by atoms with van der Waals surface area (Å²) in [6.45, 7) is 8.14. The number of halogens is 1. The van der Waals surface area contributed by atoms with E-state index in [-0.39, 0.29) is 17.9 Å². The molecular formula is C14H21ClN2O2. The molecule has 0 spiro atoms. The summed E-state index contributed by atoms with van der Waals surface area (Å²) in [6, 6.07) is 1.64. The Bertz CT molecular complexity index is 455. The van der Waals surface area contributed by atoms with Gasteiger partial charge in [-0.15, -0.1) is 0 Å². The zero-order chi connectivity index (χ0) is 14.6. The predicted octanol–water partition coefficient (Wildman–Crippen LogP) is 2.57. The van der Waals surface area contributed by atoms with Crippen LogP contribution in [0.3, 0.4) is 0 Å². The largest absolute Gasteiger partial charge is 0.391 e. The number of nitrogens with one attached hydrogen (secondary N) is 1. The Labute approximate surface area is 119 Å². The van der Waals surface area contributed by atoms with Gasteiger partial charge in [0.1, 0.15) is 0 Å². The molecule has 1 unspecified atom stereocenters. The molecule has 4 nitrogen and oxygen atoms in total. The Morgan fingerprint density at radius 2 is 2.16 bits per heavy atom. The van der Waals surface area contributed by atoms with E-state index in [1.165, 1.54) is 6.20 Å². The maximum absolute atomic E-state index is 11.9. The summed E-state index contributed by atoms with van der Waals surface area (Å²) in [6.07, 6.45) is 1.50. The molecule has 1 heterocycles. The molecule has 0 saturated heterocycles. The molecule has 0 fully saturated rings. The van der Waals surface area contributed by atoms with Gasteiger partial charge in [-0.1, -0.05) is 32.4 Å². The molecule has 0 aliphatic heterocycles. The molecule has 1 amide bonds. The molecule has 19 heavy (non-hydrogen) atoms. The van der Waals surface area contributed by atoms with Crippen molar-refractivity contribution in [2.24, 2.45) is 5.41 Å². The van der Waals surface area contributed by atoms with Crippen LogP contribution in [0.15, 0.2) is 12.3 Å². The van der Waals surface area contributed by atoms with Crippen LogP contribution < -0.4 is 5.32 Å². The summed E-state index contributed by atoms with van der Waals surface area (Å²) in [5, 5.41) is 12.9. The first-order valence-corrected chi connectivity index (χ1v) is 6.65. The summed E-state index contributed by atoms with van der Waals surface area (Å²) in [7, 11) is 0. The van der Waals surface area contributed by atoms with Crippen LogP contribution in [0.2, 0.25) is 5.02 Å². The van der Waals surface area contributed by atoms with Crippen molar-refractivity contribution in [3.63, 3.8) is 0 Å². The van der Waals surface area contributed by atoms with Crippen molar-refractivity contribution in [1.29, 1.82) is 0 Å². The van der Waals surface area contributed by atoms with Gasteiger partial charge in [-0.3, -0.25) is 9.78 Å². The molecule has 0 bridgehead atoms. The fraction of sp³-hybridized carbons (Fsp3) is 0.571. The monoisotopic (exact) mass is 284 g/mol. The number of aliphatic hydroxyl groups is 1. The van der Waals surface area contributed by atoms with Crippen LogP contribution in [0.4, 0.5) is 0 Å². The van der Waals surface area contributed by atoms with E-state index in [9.17, 15) is 9.90 Å². The fourth-order valence-electron chi connectivity index (χ4n) is 1.78. The van der Waals surface area contributed by atoms with Crippen molar-refractivity contribution in [2.45, 2.75) is 40.2 Å². The van der Waals surface area contributed by atoms with Crippen LogP contribution in [0.5, 0.6) is 0 Å². The lowest BCUT2D eigenvalue weighted by molar-refractivity contribution is 0.0868. The maximum Gasteiger partial charge on any atom is 0.254 e. The average molecular weight is 285 g/mol. The number of carbonyl (C=O) groups is 1. The molecule has 0 aliphatic rings. The molecule has 2 N–H and O–H groups in total. The summed E-state index contributed by atoms with van der Waals surface area (Å²) in [5.41, 5.74) is 1.11. The van der Waals surface area contributed by atoms with Crippen LogP contribution in [0.25, 0.3) is 0 Å². The van der Waals surface area contributed by atoms with E-state index in [1.54, 1.807) is 13.0 Å². The summed E-state index contributed by atoms with van der Waals surface area (Å²) in [5.74, 6) is -0.314. The van der Waals surface area contributed by atoms with E-state index in [0.717, 1.165) is 5.69 Å². The van der Waals surface area contributed by atoms with Gasteiger partial charge in [-0.25, -0.2) is 0 Å². The Kier molecular flexibility index (Phi) is 5.32. The van der Waals surface area contributed by atoms with Gasteiger partial charge in [0, 0.05) is 18.4 Å². The highest BCUT2D eigenvalue weighted by atomic mass is 35.5. The molecular weight excluding hydrogens is 264 g/mol. The number of pyridine rings is 1. The number of aromatic nitrogens is 1. The highest BCUT2D eigenvalue weighted by molar-refractivity contribution is 6.33. The molecule has 1 aromatic heterocycles. The third-order valence-corrected chi connectivity index (χ3v) is 2.89. The predicted molar refractivity (Wildman–Crippen MR) is 76.4 cm³/mol. The van der Waals surface area contributed by atoms with Gasteiger partial charge in [0.25, 0.3) is 5.91 Å². The van der Waals surface area contributed by atoms with Gasteiger partial charge < -0.3 is 10.4 Å². The van der Waals surface area contributed by atoms with Crippen molar-refractivity contribution < 1.29 is 9.90 Å². The van der Waals surface area contributed by atoms with Gasteiger partial charge >= 0.3 is 0 Å². The van der Waals surface area contributed by atoms with Crippen LogP contribution in [-0.4, -0.2) is 28.6 Å². The number of carbonyl (C=O) groups excluding carboxylic acids is 1. The van der Waals surface area contributed by atoms with E-state index >= 15 is 0 Å². The number of amides is 1. The zero-order valence-electron chi connectivity index (χ0n) is 11.8. The van der Waals surface area contributed by atoms with Gasteiger partial charge in [-0.2, -0.15) is 0 Å². The second kappa shape index (κ2) is 6.35. The quantitative estimate of drug-likeness (QED) is 0.893. The van der Waals surface area contributed by atoms with Crippen molar-refractivity contribution in [3.8, 4) is 0 Å². The Hall–Kier alpha value is -1.13. The van der Waals surface area contributed by atoms with Crippen LogP contribution >= 0.6 is 11.6 Å². The number of aliphatic hydroxyl groups excluding tert-OH is 1. The lowest BCUT2D eigenvalue weighted by Crippen LogP contribution is -2.34. The third kappa shape index (κ3) is 5.57. The van der Waals surface area contributed by atoms with E-state index < -0.39 is 6.10 Å². The molecule has 0 aromatic carbocycles. The molecule has 1 aromatic rings. The Morgan fingerprint density at radius 1 is 1.53 bits per heavy atom. The van der Waals surface area contributed by atoms with E-state index in [2.05, 4.69) is 10.3 Å². The topological polar surface area (TPSA) is 62.2 Å². The first kappa shape index (κ1) is 15.9. The van der Waals surface area contributed by atoms with E-state index in [0.29, 0.717) is 17.0 Å². The van der Waals surface area contributed by atoms with Gasteiger partial charge in [0.2, 0.25) is 0 Å². The number of rotatable bonds is 4. The second-order valence-electron chi connectivity index (χ2n) is 5.93. The fourth-order valence-corrected chi connectivity index (χ4v) is 2.07. The number of hydrogen-bond acceptors (Lipinski definition) is 3. The molecule has 106 valence electrons. The van der Waals surface area contributed by atoms with Gasteiger partial charge in [0.15, 0.2) is 0 Å². The number of nitrogens with zero attached hydrogens (tertiary/aromatic N) is 1. The molecule has 0 radical (unpaired) electrons. The molecule has 0 saturated carbocycles. The molecule has 1 atom stereocenters. The lowest BCUT2D eigenvalue weighted by atomic mass is 9.89. The summed E-state index contributed by atoms with van der Waals surface area (Å²) in [4.78, 5) is 15.9. The normalized spacial score (nSPS) is 13.2. The maximum atomic E-state index is 11.9. The minimum Gasteiger partial charge on any atom is -0.391 e. The minimum atomic E-state index is -0.568. The molecule has 0 aliphatic carbocycles.